The van der Waals surface area contributed by atoms with Crippen LogP contribution in [0.4, 0.5) is 5.69 Å². The van der Waals surface area contributed by atoms with Crippen LogP contribution in [0, 0.1) is 12.8 Å². The molecule has 1 aromatic carbocycles. The van der Waals surface area contributed by atoms with Crippen LogP contribution in [-0.2, 0) is 4.79 Å². The molecular formula is C14H19BrN2O. The average Bonchev–Trinajstić information content (AvgIpc) is 2.36. The number of hydrogen-bond donors (Lipinski definition) is 2. The Hall–Kier alpha value is -0.870. The number of nitrogens with one attached hydrogen (secondary N) is 1. The first-order chi connectivity index (χ1) is 8.58. The zero-order valence-corrected chi connectivity index (χ0v) is 12.2. The lowest BCUT2D eigenvalue weighted by Crippen LogP contribution is -2.32. The van der Waals surface area contributed by atoms with Crippen molar-refractivity contribution in [2.45, 2.75) is 38.6 Å². The molecule has 2 rings (SSSR count). The van der Waals surface area contributed by atoms with Gasteiger partial charge in [0, 0.05) is 22.1 Å². The van der Waals surface area contributed by atoms with Gasteiger partial charge in [-0.15, -0.1) is 0 Å². The van der Waals surface area contributed by atoms with Gasteiger partial charge in [-0.3, -0.25) is 4.79 Å². The van der Waals surface area contributed by atoms with Gasteiger partial charge in [-0.1, -0.05) is 22.0 Å². The first-order valence-electron chi connectivity index (χ1n) is 6.39. The average molecular weight is 311 g/mol. The number of amides is 1. The molecule has 1 fully saturated rings. The predicted molar refractivity (Wildman–Crippen MR) is 77.4 cm³/mol. The summed E-state index contributed by atoms with van der Waals surface area (Å²) in [6.45, 7) is 2.00. The lowest BCUT2D eigenvalue weighted by atomic mass is 9.86. The molecule has 1 aliphatic rings. The second-order valence-corrected chi connectivity index (χ2v) is 5.87. The highest BCUT2D eigenvalue weighted by Gasteiger charge is 2.24. The van der Waals surface area contributed by atoms with Gasteiger partial charge in [0.05, 0.1) is 0 Å². The lowest BCUT2D eigenvalue weighted by molar-refractivity contribution is -0.120. The molecule has 3 nitrogen and oxygen atoms in total. The summed E-state index contributed by atoms with van der Waals surface area (Å²) in [4.78, 5) is 12.2. The highest BCUT2D eigenvalue weighted by molar-refractivity contribution is 9.10. The molecule has 0 radical (unpaired) electrons. The normalized spacial score (nSPS) is 23.7. The third-order valence-electron chi connectivity index (χ3n) is 3.67. The second kappa shape index (κ2) is 5.85. The largest absolute Gasteiger partial charge is 0.328 e. The van der Waals surface area contributed by atoms with Crippen LogP contribution in [0.3, 0.4) is 0 Å². The summed E-state index contributed by atoms with van der Waals surface area (Å²) in [6.07, 6.45) is 3.71. The Morgan fingerprint density at radius 1 is 1.33 bits per heavy atom. The van der Waals surface area contributed by atoms with Crippen molar-refractivity contribution in [3.63, 3.8) is 0 Å². The van der Waals surface area contributed by atoms with E-state index in [9.17, 15) is 4.79 Å². The van der Waals surface area contributed by atoms with Gasteiger partial charge >= 0.3 is 0 Å². The molecule has 0 saturated heterocycles. The van der Waals surface area contributed by atoms with E-state index < -0.39 is 0 Å². The molecule has 1 aliphatic carbocycles. The predicted octanol–water partition coefficient (Wildman–Crippen LogP) is 3.21. The molecule has 0 heterocycles. The summed E-state index contributed by atoms with van der Waals surface area (Å²) >= 11 is 3.47. The molecule has 0 aromatic heterocycles. The minimum Gasteiger partial charge on any atom is -0.328 e. The number of anilines is 1. The quantitative estimate of drug-likeness (QED) is 0.881. The van der Waals surface area contributed by atoms with Crippen molar-refractivity contribution in [1.29, 1.82) is 0 Å². The number of rotatable bonds is 2. The molecule has 18 heavy (non-hydrogen) atoms. The summed E-state index contributed by atoms with van der Waals surface area (Å²) in [5.74, 6) is 0.242. The summed E-state index contributed by atoms with van der Waals surface area (Å²) in [5, 5.41) is 3.03. The van der Waals surface area contributed by atoms with Gasteiger partial charge in [-0.25, -0.2) is 0 Å². The molecule has 1 aromatic rings. The molecule has 98 valence electrons. The van der Waals surface area contributed by atoms with E-state index in [0.717, 1.165) is 41.4 Å². The van der Waals surface area contributed by atoms with Gasteiger partial charge in [-0.05, 0) is 50.3 Å². The number of hydrogen-bond acceptors (Lipinski definition) is 2. The molecule has 0 atom stereocenters. The number of carbonyl (C=O) groups excluding carboxylic acids is 1. The van der Waals surface area contributed by atoms with Crippen molar-refractivity contribution in [2.75, 3.05) is 5.32 Å². The van der Waals surface area contributed by atoms with Crippen molar-refractivity contribution in [2.24, 2.45) is 11.7 Å². The van der Waals surface area contributed by atoms with E-state index in [4.69, 9.17) is 5.73 Å². The van der Waals surface area contributed by atoms with Crippen molar-refractivity contribution in [3.05, 3.63) is 28.2 Å². The van der Waals surface area contributed by atoms with E-state index in [1.165, 1.54) is 0 Å². The summed E-state index contributed by atoms with van der Waals surface area (Å²) in [5.41, 5.74) is 7.82. The summed E-state index contributed by atoms with van der Waals surface area (Å²) < 4.78 is 1.02. The molecule has 1 amide bonds. The molecule has 3 N–H and O–H groups in total. The van der Waals surface area contributed by atoms with E-state index in [1.54, 1.807) is 0 Å². The van der Waals surface area contributed by atoms with Crippen molar-refractivity contribution in [3.8, 4) is 0 Å². The van der Waals surface area contributed by atoms with Crippen LogP contribution in [0.1, 0.15) is 31.2 Å². The molecule has 0 bridgehead atoms. The fraction of sp³-hybridized carbons (Fsp3) is 0.500. The number of carbonyl (C=O) groups is 1. The van der Waals surface area contributed by atoms with Crippen LogP contribution in [0.25, 0.3) is 0 Å². The Labute approximate surface area is 116 Å². The highest BCUT2D eigenvalue weighted by Crippen LogP contribution is 2.27. The smallest absolute Gasteiger partial charge is 0.227 e. The molecule has 4 heteroatoms. The molecular weight excluding hydrogens is 292 g/mol. The third-order valence-corrected chi connectivity index (χ3v) is 4.53. The number of nitrogens with two attached hydrogens (primary N) is 1. The van der Waals surface area contributed by atoms with E-state index in [0.29, 0.717) is 0 Å². The van der Waals surface area contributed by atoms with Crippen LogP contribution in [0.5, 0.6) is 0 Å². The van der Waals surface area contributed by atoms with Gasteiger partial charge in [0.15, 0.2) is 0 Å². The Balaban J connectivity index is 2.01. The van der Waals surface area contributed by atoms with Crippen LogP contribution < -0.4 is 11.1 Å². The van der Waals surface area contributed by atoms with Gasteiger partial charge in [0.2, 0.25) is 5.91 Å². The summed E-state index contributed by atoms with van der Waals surface area (Å²) in [7, 11) is 0. The number of benzene rings is 1. The topological polar surface area (TPSA) is 55.1 Å². The molecule has 0 unspecified atom stereocenters. The minimum absolute atomic E-state index is 0.114. The standard InChI is InChI=1S/C14H19BrN2O/c1-9-12(15)3-2-4-13(9)17-14(18)10-5-7-11(16)8-6-10/h2-4,10-11H,5-8,16H2,1H3,(H,17,18). The maximum absolute atomic E-state index is 12.2. The van der Waals surface area contributed by atoms with Gasteiger partial charge in [0.25, 0.3) is 0 Å². The monoisotopic (exact) mass is 310 g/mol. The van der Waals surface area contributed by atoms with Crippen LogP contribution in [0.15, 0.2) is 22.7 Å². The highest BCUT2D eigenvalue weighted by atomic mass is 79.9. The fourth-order valence-corrected chi connectivity index (χ4v) is 2.73. The second-order valence-electron chi connectivity index (χ2n) is 5.01. The SMILES string of the molecule is Cc1c(Br)cccc1NC(=O)C1CCC(N)CC1. The van der Waals surface area contributed by atoms with E-state index >= 15 is 0 Å². The minimum atomic E-state index is 0.114. The van der Waals surface area contributed by atoms with Gasteiger partial charge in [-0.2, -0.15) is 0 Å². The Morgan fingerprint density at radius 2 is 2.00 bits per heavy atom. The Morgan fingerprint density at radius 3 is 2.67 bits per heavy atom. The van der Waals surface area contributed by atoms with E-state index in [1.807, 2.05) is 25.1 Å². The van der Waals surface area contributed by atoms with Crippen LogP contribution >= 0.6 is 15.9 Å². The first-order valence-corrected chi connectivity index (χ1v) is 7.19. The molecule has 0 aliphatic heterocycles. The molecule has 1 saturated carbocycles. The van der Waals surface area contributed by atoms with Crippen molar-refractivity contribution in [1.82, 2.24) is 0 Å². The first kappa shape index (κ1) is 13.6. The Bertz CT molecular complexity index is 439. The van der Waals surface area contributed by atoms with Crippen molar-refractivity contribution >= 4 is 27.5 Å². The number of halogens is 1. The maximum atomic E-state index is 12.2. The fourth-order valence-electron chi connectivity index (χ4n) is 2.36. The summed E-state index contributed by atoms with van der Waals surface area (Å²) in [6, 6.07) is 6.13. The van der Waals surface area contributed by atoms with E-state index in [2.05, 4.69) is 21.2 Å². The van der Waals surface area contributed by atoms with E-state index in [-0.39, 0.29) is 17.9 Å². The Kier molecular flexibility index (Phi) is 4.40. The van der Waals surface area contributed by atoms with Crippen LogP contribution in [-0.4, -0.2) is 11.9 Å². The van der Waals surface area contributed by atoms with Crippen molar-refractivity contribution < 1.29 is 4.79 Å². The maximum Gasteiger partial charge on any atom is 0.227 e. The molecule has 0 spiro atoms. The zero-order valence-electron chi connectivity index (χ0n) is 10.6. The lowest BCUT2D eigenvalue weighted by Gasteiger charge is -2.25. The van der Waals surface area contributed by atoms with Crippen LogP contribution in [0.2, 0.25) is 0 Å². The van der Waals surface area contributed by atoms with Gasteiger partial charge in [0.1, 0.15) is 0 Å². The van der Waals surface area contributed by atoms with Gasteiger partial charge < -0.3 is 11.1 Å². The third kappa shape index (κ3) is 3.12. The zero-order chi connectivity index (χ0) is 13.1.